The molecule has 0 amide bonds. The highest BCUT2D eigenvalue weighted by Crippen LogP contribution is 2.17. The number of hydrogen-bond acceptors (Lipinski definition) is 2. The van der Waals surface area contributed by atoms with E-state index in [0.29, 0.717) is 17.7 Å². The van der Waals surface area contributed by atoms with E-state index in [1.54, 1.807) is 18.2 Å². The summed E-state index contributed by atoms with van der Waals surface area (Å²) in [6.45, 7) is 0. The predicted molar refractivity (Wildman–Crippen MR) is 69.7 cm³/mol. The van der Waals surface area contributed by atoms with Crippen molar-refractivity contribution in [1.29, 1.82) is 0 Å². The molecule has 0 fully saturated rings. The monoisotopic (exact) mass is 241 g/mol. The molecule has 0 saturated carbocycles. The number of benzene rings is 2. The Morgan fingerprint density at radius 3 is 2.83 bits per heavy atom. The number of nitrogens with zero attached hydrogens (tertiary/aromatic N) is 1. The number of nitrogen functional groups attached to an aromatic ring is 1. The van der Waals surface area contributed by atoms with Crippen molar-refractivity contribution in [3.8, 4) is 0 Å². The van der Waals surface area contributed by atoms with Crippen molar-refractivity contribution >= 4 is 16.7 Å². The lowest BCUT2D eigenvalue weighted by atomic mass is 10.1. The summed E-state index contributed by atoms with van der Waals surface area (Å²) in [4.78, 5) is 7.57. The third-order valence-electron chi connectivity index (χ3n) is 2.87. The van der Waals surface area contributed by atoms with Crippen LogP contribution in [0.3, 0.4) is 0 Å². The van der Waals surface area contributed by atoms with Crippen LogP contribution in [0.15, 0.2) is 42.5 Å². The molecule has 0 atom stereocenters. The number of nitrogens with two attached hydrogens (primary N) is 1. The van der Waals surface area contributed by atoms with Gasteiger partial charge in [-0.1, -0.05) is 18.2 Å². The van der Waals surface area contributed by atoms with Crippen molar-refractivity contribution in [3.05, 3.63) is 59.7 Å². The molecule has 0 spiro atoms. The number of fused-ring (bicyclic) bond motifs is 1. The number of nitrogens with one attached hydrogen (secondary N) is 1. The van der Waals surface area contributed by atoms with Gasteiger partial charge in [-0.3, -0.25) is 0 Å². The molecule has 1 heterocycles. The molecule has 0 unspecified atom stereocenters. The fourth-order valence-corrected chi connectivity index (χ4v) is 1.99. The van der Waals surface area contributed by atoms with Crippen LogP contribution in [0.1, 0.15) is 11.4 Å². The Morgan fingerprint density at radius 1 is 1.17 bits per heavy atom. The fourth-order valence-electron chi connectivity index (χ4n) is 1.99. The summed E-state index contributed by atoms with van der Waals surface area (Å²) in [5.74, 6) is 0.526. The van der Waals surface area contributed by atoms with Gasteiger partial charge in [0.05, 0.1) is 11.0 Å². The topological polar surface area (TPSA) is 54.7 Å². The minimum atomic E-state index is -0.211. The second-order valence-electron chi connectivity index (χ2n) is 4.23. The predicted octanol–water partition coefficient (Wildman–Crippen LogP) is 2.88. The standard InChI is InChI=1S/C14H12FN3/c15-11-4-2-1-3-9(11)7-14-17-12-6-5-10(16)8-13(12)18-14/h1-6,8H,7,16H2,(H,17,18). The van der Waals surface area contributed by atoms with Crippen LogP contribution in [0.5, 0.6) is 0 Å². The van der Waals surface area contributed by atoms with Crippen molar-refractivity contribution < 1.29 is 4.39 Å². The van der Waals surface area contributed by atoms with Crippen molar-refractivity contribution in [2.24, 2.45) is 0 Å². The van der Waals surface area contributed by atoms with Crippen LogP contribution in [-0.2, 0) is 6.42 Å². The summed E-state index contributed by atoms with van der Waals surface area (Å²) < 4.78 is 13.5. The normalized spacial score (nSPS) is 10.9. The maximum Gasteiger partial charge on any atom is 0.126 e. The summed E-state index contributed by atoms with van der Waals surface area (Å²) in [5.41, 5.74) is 8.73. The van der Waals surface area contributed by atoms with Crippen LogP contribution in [0.2, 0.25) is 0 Å². The van der Waals surface area contributed by atoms with E-state index in [9.17, 15) is 4.39 Å². The Morgan fingerprint density at radius 2 is 2.00 bits per heavy atom. The van der Waals surface area contributed by atoms with Crippen LogP contribution >= 0.6 is 0 Å². The third-order valence-corrected chi connectivity index (χ3v) is 2.87. The molecule has 3 rings (SSSR count). The Labute approximate surface area is 103 Å². The summed E-state index contributed by atoms with van der Waals surface area (Å²) in [6.07, 6.45) is 0.446. The van der Waals surface area contributed by atoms with Crippen LogP contribution in [0.25, 0.3) is 11.0 Å². The first-order valence-electron chi connectivity index (χ1n) is 5.70. The zero-order valence-electron chi connectivity index (χ0n) is 9.65. The zero-order valence-corrected chi connectivity index (χ0v) is 9.65. The third kappa shape index (κ3) is 1.93. The maximum absolute atomic E-state index is 13.5. The van der Waals surface area contributed by atoms with E-state index in [2.05, 4.69) is 9.97 Å². The van der Waals surface area contributed by atoms with E-state index < -0.39 is 0 Å². The maximum atomic E-state index is 13.5. The molecule has 0 saturated heterocycles. The summed E-state index contributed by atoms with van der Waals surface area (Å²) in [6, 6.07) is 12.2. The van der Waals surface area contributed by atoms with Gasteiger partial charge in [0.2, 0.25) is 0 Å². The van der Waals surface area contributed by atoms with Gasteiger partial charge in [0.1, 0.15) is 11.6 Å². The number of H-pyrrole nitrogens is 1. The average Bonchev–Trinajstić information content (AvgIpc) is 2.73. The highest BCUT2D eigenvalue weighted by Gasteiger charge is 2.06. The van der Waals surface area contributed by atoms with Crippen LogP contribution < -0.4 is 5.73 Å². The Balaban J connectivity index is 1.98. The average molecular weight is 241 g/mol. The summed E-state index contributed by atoms with van der Waals surface area (Å²) >= 11 is 0. The molecule has 90 valence electrons. The molecule has 2 aromatic carbocycles. The van der Waals surface area contributed by atoms with E-state index in [4.69, 9.17) is 5.73 Å². The molecule has 18 heavy (non-hydrogen) atoms. The van der Waals surface area contributed by atoms with E-state index in [1.807, 2.05) is 18.2 Å². The molecule has 0 radical (unpaired) electrons. The van der Waals surface area contributed by atoms with Gasteiger partial charge < -0.3 is 10.7 Å². The highest BCUT2D eigenvalue weighted by molar-refractivity contribution is 5.78. The van der Waals surface area contributed by atoms with Gasteiger partial charge in [0.15, 0.2) is 0 Å². The van der Waals surface area contributed by atoms with Crippen LogP contribution in [0, 0.1) is 5.82 Å². The van der Waals surface area contributed by atoms with Crippen molar-refractivity contribution in [3.63, 3.8) is 0 Å². The lowest BCUT2D eigenvalue weighted by Crippen LogP contribution is -1.93. The molecule has 3 N–H and O–H groups in total. The van der Waals surface area contributed by atoms with E-state index in [-0.39, 0.29) is 5.82 Å². The van der Waals surface area contributed by atoms with Crippen molar-refractivity contribution in [2.45, 2.75) is 6.42 Å². The largest absolute Gasteiger partial charge is 0.399 e. The van der Waals surface area contributed by atoms with E-state index in [0.717, 1.165) is 16.9 Å². The summed E-state index contributed by atoms with van der Waals surface area (Å²) in [7, 11) is 0. The molecule has 0 bridgehead atoms. The second kappa shape index (κ2) is 4.14. The van der Waals surface area contributed by atoms with Gasteiger partial charge in [0, 0.05) is 12.1 Å². The molecule has 0 aliphatic carbocycles. The van der Waals surface area contributed by atoms with Gasteiger partial charge in [-0.2, -0.15) is 0 Å². The minimum absolute atomic E-state index is 0.211. The molecule has 0 aliphatic heterocycles. The van der Waals surface area contributed by atoms with E-state index >= 15 is 0 Å². The smallest absolute Gasteiger partial charge is 0.126 e. The minimum Gasteiger partial charge on any atom is -0.399 e. The van der Waals surface area contributed by atoms with Crippen LogP contribution in [-0.4, -0.2) is 9.97 Å². The second-order valence-corrected chi connectivity index (χ2v) is 4.23. The number of hydrogen-bond donors (Lipinski definition) is 2. The number of aromatic amines is 1. The first-order chi connectivity index (χ1) is 8.72. The molecular formula is C14H12FN3. The highest BCUT2D eigenvalue weighted by atomic mass is 19.1. The van der Waals surface area contributed by atoms with Gasteiger partial charge >= 0.3 is 0 Å². The number of rotatable bonds is 2. The first-order valence-corrected chi connectivity index (χ1v) is 5.70. The van der Waals surface area contributed by atoms with Gasteiger partial charge in [-0.15, -0.1) is 0 Å². The summed E-state index contributed by atoms with van der Waals surface area (Å²) in [5, 5.41) is 0. The fraction of sp³-hybridized carbons (Fsp3) is 0.0714. The zero-order chi connectivity index (χ0) is 12.5. The number of aromatic nitrogens is 2. The Kier molecular flexibility index (Phi) is 2.48. The number of imidazole rings is 1. The lowest BCUT2D eigenvalue weighted by Gasteiger charge is -1.99. The molecule has 3 nitrogen and oxygen atoms in total. The Bertz CT molecular complexity index is 703. The molecule has 0 aliphatic rings. The van der Waals surface area contributed by atoms with Gasteiger partial charge in [-0.05, 0) is 29.8 Å². The number of halogens is 1. The van der Waals surface area contributed by atoms with Crippen molar-refractivity contribution in [2.75, 3.05) is 5.73 Å². The van der Waals surface area contributed by atoms with Gasteiger partial charge in [0.25, 0.3) is 0 Å². The molecule has 1 aromatic heterocycles. The molecule has 4 heteroatoms. The molecule has 3 aromatic rings. The van der Waals surface area contributed by atoms with Crippen LogP contribution in [0.4, 0.5) is 10.1 Å². The quantitative estimate of drug-likeness (QED) is 0.678. The number of anilines is 1. The Hall–Kier alpha value is -2.36. The van der Waals surface area contributed by atoms with E-state index in [1.165, 1.54) is 6.07 Å². The van der Waals surface area contributed by atoms with Gasteiger partial charge in [-0.25, -0.2) is 9.37 Å². The lowest BCUT2D eigenvalue weighted by molar-refractivity contribution is 0.612. The SMILES string of the molecule is Nc1ccc2nc(Cc3ccccc3F)[nH]c2c1. The molecular weight excluding hydrogens is 229 g/mol. The van der Waals surface area contributed by atoms with Crippen molar-refractivity contribution in [1.82, 2.24) is 9.97 Å². The first kappa shape index (κ1) is 10.8.